The van der Waals surface area contributed by atoms with Crippen LogP contribution in [-0.4, -0.2) is 139 Å². The van der Waals surface area contributed by atoms with E-state index >= 15 is 0 Å². The highest BCUT2D eigenvalue weighted by atomic mass is 35.5. The third-order valence-corrected chi connectivity index (χ3v) is 15.5. The van der Waals surface area contributed by atoms with Crippen LogP contribution in [0.1, 0.15) is 138 Å². The maximum atomic E-state index is 14.6. The third kappa shape index (κ3) is 16.6. The lowest BCUT2D eigenvalue weighted by Gasteiger charge is -2.36. The monoisotopic (exact) mass is 1120 g/mol. The van der Waals surface area contributed by atoms with E-state index in [0.29, 0.717) is 29.2 Å². The third-order valence-electron chi connectivity index (χ3n) is 15.5. The van der Waals surface area contributed by atoms with Gasteiger partial charge < -0.3 is 57.9 Å². The molecule has 3 aromatic carbocycles. The van der Waals surface area contributed by atoms with Gasteiger partial charge in [0.25, 0.3) is 11.8 Å². The molecule has 0 bridgehead atoms. The second kappa shape index (κ2) is 29.4. The predicted octanol–water partition coefficient (Wildman–Crippen LogP) is 3.74. The van der Waals surface area contributed by atoms with E-state index in [9.17, 15) is 43.5 Å². The number of hydrogen-bond acceptors (Lipinski definition) is 11. The zero-order valence-electron chi connectivity index (χ0n) is 46.6. The molecule has 0 spiro atoms. The highest BCUT2D eigenvalue weighted by molar-refractivity contribution is 6.03. The lowest BCUT2D eigenvalue weighted by atomic mass is 9.83. The number of amides is 8. The molecule has 1 aliphatic heterocycles. The largest absolute Gasteiger partial charge is 0.394 e. The van der Waals surface area contributed by atoms with Gasteiger partial charge in [-0.25, -0.2) is 0 Å². The first kappa shape index (κ1) is 64.7. The lowest BCUT2D eigenvalue weighted by molar-refractivity contribution is -0.144. The minimum absolute atomic E-state index is 0. The van der Waals surface area contributed by atoms with Crippen LogP contribution in [0.3, 0.4) is 0 Å². The molecule has 78 heavy (non-hydrogen) atoms. The number of carbonyl (C=O) groups is 8. The van der Waals surface area contributed by atoms with E-state index in [4.69, 9.17) is 0 Å². The summed E-state index contributed by atoms with van der Waals surface area (Å²) in [7, 11) is 3.19. The normalized spacial score (nSPS) is 19.7. The first-order chi connectivity index (χ1) is 36.1. The molecule has 1 saturated carbocycles. The number of halogens is 2. The van der Waals surface area contributed by atoms with E-state index in [0.717, 1.165) is 44.1 Å². The van der Waals surface area contributed by atoms with Crippen molar-refractivity contribution in [2.24, 2.45) is 17.3 Å². The van der Waals surface area contributed by atoms with E-state index in [2.05, 4.69) is 53.9 Å². The zero-order valence-corrected chi connectivity index (χ0v) is 48.2. The van der Waals surface area contributed by atoms with Crippen molar-refractivity contribution >= 4 is 82.8 Å². The van der Waals surface area contributed by atoms with Crippen molar-refractivity contribution in [3.05, 3.63) is 82.9 Å². The zero-order chi connectivity index (χ0) is 55.4. The summed E-state index contributed by atoms with van der Waals surface area (Å²) in [5, 5.41) is 37.3. The summed E-state index contributed by atoms with van der Waals surface area (Å²) in [6, 6.07) is 11.3. The predicted molar refractivity (Wildman–Crippen MR) is 305 cm³/mol. The molecule has 2 fully saturated rings. The Morgan fingerprint density at radius 2 is 1.31 bits per heavy atom. The number of aliphatic hydroxyl groups is 1. The summed E-state index contributed by atoms with van der Waals surface area (Å²) in [4.78, 5) is 112. The fourth-order valence-corrected chi connectivity index (χ4v) is 10.3. The number of hydrogen-bond donors (Lipinski definition) is 10. The van der Waals surface area contributed by atoms with E-state index in [1.54, 1.807) is 50.4 Å². The van der Waals surface area contributed by atoms with Gasteiger partial charge >= 0.3 is 0 Å². The van der Waals surface area contributed by atoms with Crippen LogP contribution in [0, 0.1) is 17.3 Å². The summed E-state index contributed by atoms with van der Waals surface area (Å²) in [6.45, 7) is 12.3. The Morgan fingerprint density at radius 1 is 0.679 bits per heavy atom. The fraction of sp³-hybridized carbons (Fsp3) is 0.579. The molecule has 0 unspecified atom stereocenters. The van der Waals surface area contributed by atoms with Gasteiger partial charge in [0.05, 0.1) is 18.7 Å². The Hall–Kier alpha value is -5.86. The molecule has 0 aromatic heterocycles. The average Bonchev–Trinajstić information content (AvgIpc) is 3.87. The first-order valence-corrected chi connectivity index (χ1v) is 27.1. The second-order valence-electron chi connectivity index (χ2n) is 22.4. The summed E-state index contributed by atoms with van der Waals surface area (Å²) >= 11 is 0. The van der Waals surface area contributed by atoms with E-state index in [1.165, 1.54) is 17.5 Å². The summed E-state index contributed by atoms with van der Waals surface area (Å²) in [5.41, 5.74) is 2.07. The number of rotatable bonds is 21. The van der Waals surface area contributed by atoms with Gasteiger partial charge in [-0.15, -0.1) is 24.8 Å². The van der Waals surface area contributed by atoms with Crippen LogP contribution in [0.15, 0.2) is 60.7 Å². The van der Waals surface area contributed by atoms with Gasteiger partial charge in [-0.2, -0.15) is 0 Å². The average molecular weight is 1120 g/mol. The van der Waals surface area contributed by atoms with Crippen LogP contribution in [0.25, 0.3) is 10.8 Å². The number of aryl methyl sites for hydroxylation is 1. The molecule has 2 aliphatic carbocycles. The topological polar surface area (TPSA) is 268 Å². The van der Waals surface area contributed by atoms with Crippen molar-refractivity contribution in [1.82, 2.24) is 52.8 Å². The Labute approximate surface area is 471 Å². The molecule has 0 radical (unpaired) electrons. The Morgan fingerprint density at radius 3 is 1.91 bits per heavy atom. The Kier molecular flexibility index (Phi) is 24.4. The van der Waals surface area contributed by atoms with E-state index in [1.807, 2.05) is 59.7 Å². The summed E-state index contributed by atoms with van der Waals surface area (Å²) in [6.07, 6.45) is 6.86. The van der Waals surface area contributed by atoms with Crippen LogP contribution in [0.4, 0.5) is 0 Å². The second-order valence-corrected chi connectivity index (χ2v) is 22.4. The van der Waals surface area contributed by atoms with Crippen LogP contribution in [-0.2, 0) is 35.2 Å². The molecule has 3 aromatic rings. The standard InChI is InChI=1S/C57H82N10O9.2ClH/c1-32(2)33(3)61-52(72)44(64-55(75)47(36-17-11-10-12-18-36)65-53(73)45(31-68)59-9)29-60-50(70)39-24-22-38-27-40(25-23-37(38)26-39)51(71)62-41-28-46(54(74)63-43-21-15-19-35-16-13-14-20-42(35)43)67(30-41)56(76)48(57(5,6)7)66-49(69)34(4)58-8;;/h13-14,16,20,22-27,32-34,36,41,43-48,58-59,68H,10-12,15,17-19,21,28-31H2,1-9H3,(H,60,70)(H,61,72)(H,62,71)(H,63,74)(H,64,75)(H,65,73)(H,66,69);2*1H/t33-,34+,41+,43-,44+,45+,46-,47+,48-;;/m1../s1. The van der Waals surface area contributed by atoms with Crippen molar-refractivity contribution in [3.63, 3.8) is 0 Å². The van der Waals surface area contributed by atoms with Gasteiger partial charge in [-0.05, 0) is 130 Å². The molecular weight excluding hydrogens is 1040 g/mol. The quantitative estimate of drug-likeness (QED) is 0.0735. The van der Waals surface area contributed by atoms with Crippen molar-refractivity contribution < 1.29 is 43.5 Å². The molecular formula is C57H84Cl2N10O9. The van der Waals surface area contributed by atoms with Gasteiger partial charge in [-0.1, -0.05) is 90.3 Å². The van der Waals surface area contributed by atoms with Crippen molar-refractivity contribution in [2.45, 2.75) is 161 Å². The molecule has 430 valence electrons. The van der Waals surface area contributed by atoms with Gasteiger partial charge in [-0.3, -0.25) is 38.4 Å². The van der Waals surface area contributed by atoms with Crippen molar-refractivity contribution in [1.29, 1.82) is 0 Å². The molecule has 10 N–H and O–H groups in total. The summed E-state index contributed by atoms with van der Waals surface area (Å²) < 4.78 is 0. The van der Waals surface area contributed by atoms with Crippen molar-refractivity contribution in [3.8, 4) is 0 Å². The van der Waals surface area contributed by atoms with Gasteiger partial charge in [0.15, 0.2) is 0 Å². The molecule has 3 aliphatic rings. The molecule has 21 heteroatoms. The Bertz CT molecular complexity index is 2590. The molecule has 1 saturated heterocycles. The first-order valence-electron chi connectivity index (χ1n) is 27.1. The molecule has 9 atom stereocenters. The van der Waals surface area contributed by atoms with E-state index < -0.39 is 89.8 Å². The number of likely N-dealkylation sites (tertiary alicyclic amines) is 1. The van der Waals surface area contributed by atoms with Crippen molar-refractivity contribution in [2.75, 3.05) is 33.8 Å². The van der Waals surface area contributed by atoms with Gasteiger partial charge in [0, 0.05) is 36.3 Å². The van der Waals surface area contributed by atoms with E-state index in [-0.39, 0.29) is 85.6 Å². The molecule has 6 rings (SSSR count). The number of benzene rings is 3. The number of nitrogens with zero attached hydrogens (tertiary/aromatic N) is 1. The number of likely N-dealkylation sites (N-methyl/N-ethyl adjacent to an activating group) is 2. The fourth-order valence-electron chi connectivity index (χ4n) is 10.3. The Balaban J connectivity index is 0.00000656. The smallest absolute Gasteiger partial charge is 0.251 e. The van der Waals surface area contributed by atoms with Crippen LogP contribution >= 0.6 is 24.8 Å². The number of nitrogens with one attached hydrogen (secondary N) is 9. The van der Waals surface area contributed by atoms with Gasteiger partial charge in [0.2, 0.25) is 35.4 Å². The molecule has 1 heterocycles. The number of aliphatic hydroxyl groups excluding tert-OH is 1. The van der Waals surface area contributed by atoms with Crippen LogP contribution in [0.5, 0.6) is 0 Å². The molecule has 8 amide bonds. The number of fused-ring (bicyclic) bond motifs is 2. The highest BCUT2D eigenvalue weighted by Gasteiger charge is 2.46. The molecule has 19 nitrogen and oxygen atoms in total. The minimum Gasteiger partial charge on any atom is -0.394 e. The SMILES string of the molecule is CN[C@@H](C)C(=O)N[C@H](C(=O)N1C[C@@H](NC(=O)c2ccc3cc(C(=O)NC[C@H](NC(=O)[C@@H](NC(=O)[C@H](CO)NC)C4CCCCC4)C(=O)N[C@H](C)C(C)C)ccc3c2)C[C@@H]1C(=O)N[C@@H]1CCCc2ccccc21)C(C)(C)C.Cl.Cl. The van der Waals surface area contributed by atoms with Crippen LogP contribution < -0.4 is 47.9 Å². The summed E-state index contributed by atoms with van der Waals surface area (Å²) in [5.74, 6) is -3.78. The number of carbonyl (C=O) groups excluding carboxylic acids is 8. The minimum atomic E-state index is -1.20. The maximum Gasteiger partial charge on any atom is 0.251 e. The highest BCUT2D eigenvalue weighted by Crippen LogP contribution is 2.32. The lowest BCUT2D eigenvalue weighted by Crippen LogP contribution is -2.61. The maximum absolute atomic E-state index is 14.6. The van der Waals surface area contributed by atoms with Gasteiger partial charge in [0.1, 0.15) is 30.2 Å². The van der Waals surface area contributed by atoms with Crippen LogP contribution in [0.2, 0.25) is 0 Å².